The van der Waals surface area contributed by atoms with Gasteiger partial charge in [0.25, 0.3) is 0 Å². The van der Waals surface area contributed by atoms with Crippen molar-refractivity contribution in [2.24, 2.45) is 0 Å². The van der Waals surface area contributed by atoms with Crippen molar-refractivity contribution in [3.8, 4) is 11.3 Å². The van der Waals surface area contributed by atoms with Crippen LogP contribution in [0.1, 0.15) is 47.1 Å². The predicted octanol–water partition coefficient (Wildman–Crippen LogP) is 4.60. The number of ether oxygens (including phenoxy) is 2. The van der Waals surface area contributed by atoms with E-state index in [2.05, 4.69) is 17.0 Å². The molecule has 2 aromatic heterocycles. The van der Waals surface area contributed by atoms with Crippen LogP contribution in [0.15, 0.2) is 12.1 Å². The van der Waals surface area contributed by atoms with E-state index < -0.39 is 5.97 Å². The summed E-state index contributed by atoms with van der Waals surface area (Å²) in [5.74, 6) is -0.843. The van der Waals surface area contributed by atoms with Gasteiger partial charge in [0.15, 0.2) is 0 Å². The Morgan fingerprint density at radius 2 is 1.93 bits per heavy atom. The molecule has 0 saturated carbocycles. The number of nitrogens with one attached hydrogen (secondary N) is 1. The maximum absolute atomic E-state index is 12.5. The molecule has 1 aromatic carbocycles. The summed E-state index contributed by atoms with van der Waals surface area (Å²) >= 11 is 6.66. The highest BCUT2D eigenvalue weighted by Gasteiger charge is 2.25. The molecule has 0 saturated heterocycles. The summed E-state index contributed by atoms with van der Waals surface area (Å²) < 4.78 is 11.7. The first kappa shape index (κ1) is 21.9. The average molecular weight is 432 g/mol. The van der Waals surface area contributed by atoms with Gasteiger partial charge in [-0.2, -0.15) is 5.10 Å². The number of methoxy groups -OCH3 is 2. The first-order chi connectivity index (χ1) is 14.3. The lowest BCUT2D eigenvalue weighted by atomic mass is 10.00. The van der Waals surface area contributed by atoms with Gasteiger partial charge in [-0.25, -0.2) is 4.79 Å². The molecule has 7 nitrogen and oxygen atoms in total. The van der Waals surface area contributed by atoms with Gasteiger partial charge in [0.05, 0.1) is 36.1 Å². The summed E-state index contributed by atoms with van der Waals surface area (Å²) in [5, 5.41) is 6.04. The smallest absolute Gasteiger partial charge is 0.354 e. The molecule has 3 rings (SSSR count). The van der Waals surface area contributed by atoms with Crippen LogP contribution in [0.3, 0.4) is 0 Å². The zero-order chi connectivity index (χ0) is 22.0. The lowest BCUT2D eigenvalue weighted by molar-refractivity contribution is -0.140. The first-order valence-electron chi connectivity index (χ1n) is 9.86. The number of rotatable bonds is 7. The lowest BCUT2D eigenvalue weighted by Gasteiger charge is -2.11. The SMILES string of the molecule is CCCn1nc(C)c(C)c1-c1c(Cl)ccc2c(CCC(=O)OC)c(C(=O)OC)[nH]c12. The van der Waals surface area contributed by atoms with Crippen molar-refractivity contribution >= 4 is 34.4 Å². The van der Waals surface area contributed by atoms with Gasteiger partial charge in [-0.15, -0.1) is 0 Å². The number of benzene rings is 1. The van der Waals surface area contributed by atoms with Gasteiger partial charge >= 0.3 is 11.9 Å². The normalized spacial score (nSPS) is 11.1. The number of carbonyl (C=O) groups excluding carboxylic acids is 2. The fourth-order valence-corrected chi connectivity index (χ4v) is 4.00. The quantitative estimate of drug-likeness (QED) is 0.552. The molecule has 3 aromatic rings. The molecule has 0 atom stereocenters. The standard InChI is InChI=1S/C22H26ClN3O4/c1-6-11-26-21(12(2)13(3)25-26)18-16(23)9-7-14-15(8-10-17(27)29-4)20(22(28)30-5)24-19(14)18/h7,9,24H,6,8,10-11H2,1-5H3. The van der Waals surface area contributed by atoms with E-state index in [-0.39, 0.29) is 12.4 Å². The Kier molecular flexibility index (Phi) is 6.51. The molecule has 0 aliphatic rings. The third kappa shape index (κ3) is 3.81. The highest BCUT2D eigenvalue weighted by Crippen LogP contribution is 2.39. The Morgan fingerprint density at radius 3 is 2.57 bits per heavy atom. The third-order valence-corrected chi connectivity index (χ3v) is 5.64. The highest BCUT2D eigenvalue weighted by molar-refractivity contribution is 6.35. The predicted molar refractivity (Wildman–Crippen MR) is 116 cm³/mol. The molecular formula is C22H26ClN3O4. The van der Waals surface area contributed by atoms with Crippen LogP contribution in [0.2, 0.25) is 5.02 Å². The van der Waals surface area contributed by atoms with E-state index in [4.69, 9.17) is 21.1 Å². The van der Waals surface area contributed by atoms with Crippen molar-refractivity contribution in [3.05, 3.63) is 39.7 Å². The van der Waals surface area contributed by atoms with Crippen LogP contribution in [0.5, 0.6) is 0 Å². The second kappa shape index (κ2) is 8.92. The Morgan fingerprint density at radius 1 is 1.20 bits per heavy atom. The summed E-state index contributed by atoms with van der Waals surface area (Å²) in [6.07, 6.45) is 1.41. The maximum atomic E-state index is 12.5. The zero-order valence-corrected chi connectivity index (χ0v) is 18.6. The largest absolute Gasteiger partial charge is 0.469 e. The number of carbonyl (C=O) groups is 2. The lowest BCUT2D eigenvalue weighted by Crippen LogP contribution is -2.07. The van der Waals surface area contributed by atoms with Crippen LogP contribution in [-0.2, 0) is 27.2 Å². The van der Waals surface area contributed by atoms with Gasteiger partial charge < -0.3 is 14.5 Å². The minimum absolute atomic E-state index is 0.150. The summed E-state index contributed by atoms with van der Waals surface area (Å²) in [4.78, 5) is 27.4. The van der Waals surface area contributed by atoms with Crippen LogP contribution in [0.4, 0.5) is 0 Å². The van der Waals surface area contributed by atoms with Crippen molar-refractivity contribution in [2.75, 3.05) is 14.2 Å². The third-order valence-electron chi connectivity index (χ3n) is 5.33. The number of halogens is 1. The Balaban J connectivity index is 2.30. The Labute approximate surface area is 180 Å². The summed E-state index contributed by atoms with van der Waals surface area (Å²) in [6, 6.07) is 3.67. The first-order valence-corrected chi connectivity index (χ1v) is 10.2. The van der Waals surface area contributed by atoms with Crippen LogP contribution in [-0.4, -0.2) is 40.9 Å². The van der Waals surface area contributed by atoms with Gasteiger partial charge in [-0.05, 0) is 43.9 Å². The second-order valence-electron chi connectivity index (χ2n) is 7.17. The second-order valence-corrected chi connectivity index (χ2v) is 7.58. The number of aryl methyl sites for hydroxylation is 3. The number of esters is 2. The number of hydrogen-bond donors (Lipinski definition) is 1. The van der Waals surface area contributed by atoms with Crippen molar-refractivity contribution in [2.45, 2.75) is 46.6 Å². The average Bonchev–Trinajstić information content (AvgIpc) is 3.23. The minimum Gasteiger partial charge on any atom is -0.469 e. The fraction of sp³-hybridized carbons (Fsp3) is 0.409. The van der Waals surface area contributed by atoms with E-state index >= 15 is 0 Å². The number of H-pyrrole nitrogens is 1. The van der Waals surface area contributed by atoms with Crippen LogP contribution in [0, 0.1) is 13.8 Å². The molecule has 0 bridgehead atoms. The van der Waals surface area contributed by atoms with Crippen molar-refractivity contribution in [1.82, 2.24) is 14.8 Å². The molecule has 0 amide bonds. The zero-order valence-electron chi connectivity index (χ0n) is 17.9. The van der Waals surface area contributed by atoms with Crippen molar-refractivity contribution in [1.29, 1.82) is 0 Å². The summed E-state index contributed by atoms with van der Waals surface area (Å²) in [5.41, 5.74) is 5.41. The van der Waals surface area contributed by atoms with E-state index in [1.807, 2.05) is 30.7 Å². The molecule has 30 heavy (non-hydrogen) atoms. The molecule has 2 heterocycles. The Hall–Kier alpha value is -2.80. The number of fused-ring (bicyclic) bond motifs is 1. The molecule has 0 radical (unpaired) electrons. The van der Waals surface area contributed by atoms with Gasteiger partial charge in [0, 0.05) is 23.9 Å². The molecule has 1 N–H and O–H groups in total. The van der Waals surface area contributed by atoms with E-state index in [9.17, 15) is 9.59 Å². The van der Waals surface area contributed by atoms with E-state index in [0.29, 0.717) is 22.7 Å². The van der Waals surface area contributed by atoms with E-state index in [1.54, 1.807) is 0 Å². The van der Waals surface area contributed by atoms with Crippen molar-refractivity contribution in [3.63, 3.8) is 0 Å². The van der Waals surface area contributed by atoms with Gasteiger partial charge in [0.2, 0.25) is 0 Å². The fourth-order valence-electron chi connectivity index (χ4n) is 3.75. The number of aromatic nitrogens is 3. The Bertz CT molecular complexity index is 1110. The van der Waals surface area contributed by atoms with Gasteiger partial charge in [0.1, 0.15) is 5.69 Å². The molecule has 8 heteroatoms. The van der Waals surface area contributed by atoms with E-state index in [1.165, 1.54) is 14.2 Å². The number of aromatic amines is 1. The molecule has 0 fully saturated rings. The highest BCUT2D eigenvalue weighted by atomic mass is 35.5. The maximum Gasteiger partial charge on any atom is 0.354 e. The van der Waals surface area contributed by atoms with Crippen LogP contribution in [0.25, 0.3) is 22.2 Å². The van der Waals surface area contributed by atoms with Gasteiger partial charge in [-0.3, -0.25) is 9.48 Å². The van der Waals surface area contributed by atoms with Gasteiger partial charge in [-0.1, -0.05) is 24.6 Å². The molecule has 0 unspecified atom stereocenters. The van der Waals surface area contributed by atoms with Crippen LogP contribution >= 0.6 is 11.6 Å². The number of nitrogens with zero attached hydrogens (tertiary/aromatic N) is 2. The number of hydrogen-bond acceptors (Lipinski definition) is 5. The van der Waals surface area contributed by atoms with Crippen LogP contribution < -0.4 is 0 Å². The van der Waals surface area contributed by atoms with E-state index in [0.717, 1.165) is 46.4 Å². The molecular weight excluding hydrogens is 406 g/mol. The topological polar surface area (TPSA) is 86.2 Å². The molecule has 0 spiro atoms. The molecule has 0 aliphatic heterocycles. The molecule has 0 aliphatic carbocycles. The summed E-state index contributed by atoms with van der Waals surface area (Å²) in [6.45, 7) is 6.82. The van der Waals surface area contributed by atoms with Crippen molar-refractivity contribution < 1.29 is 19.1 Å². The molecule has 160 valence electrons. The monoisotopic (exact) mass is 431 g/mol. The summed E-state index contributed by atoms with van der Waals surface area (Å²) in [7, 11) is 2.67. The minimum atomic E-state index is -0.497.